The first kappa shape index (κ1) is 39.6. The molecule has 0 bridgehead atoms. The van der Waals surface area contributed by atoms with Crippen LogP contribution in [0.1, 0.15) is 65.5 Å². The Hall–Kier alpha value is -3.59. The Labute approximate surface area is 308 Å². The summed E-state index contributed by atoms with van der Waals surface area (Å²) in [6.45, 7) is 21.1. The van der Waals surface area contributed by atoms with E-state index in [2.05, 4.69) is 63.2 Å². The van der Waals surface area contributed by atoms with E-state index in [-0.39, 0.29) is 36.7 Å². The molecule has 7 atom stereocenters. The Morgan fingerprint density at radius 1 is 0.962 bits per heavy atom. The summed E-state index contributed by atoms with van der Waals surface area (Å²) in [6.07, 6.45) is -3.42. The molecule has 2 amide bonds. The van der Waals surface area contributed by atoms with E-state index in [0.29, 0.717) is 0 Å². The molecule has 284 valence electrons. The van der Waals surface area contributed by atoms with E-state index in [4.69, 9.17) is 32.8 Å². The third-order valence-electron chi connectivity index (χ3n) is 10.3. The summed E-state index contributed by atoms with van der Waals surface area (Å²) in [6, 6.07) is 13.9. The highest BCUT2D eigenvalue weighted by molar-refractivity contribution is 6.74. The standard InChI is InChI=1S/C39H54N2O10Si/c1-11-20-45-35(43)31(41-37(44)46-21-29-27-18-14-12-16-25(27)26-17-13-15-19-28(26)29)23(2)48-36-32(40-24(3)42)34-33(50-39(7,8)51-34)30(49-36)22-47-52(9,10)38(4,5)6/h11-19,23,29-34,36H,1,20-22H2,2-10H3,(H,40,42)(H,41,44)/t23-,30-,31+,32-,33+,34-,36+/m1/s1. The van der Waals surface area contributed by atoms with Gasteiger partial charge in [-0.05, 0) is 61.2 Å². The fraction of sp³-hybridized carbons (Fsp3) is 0.564. The molecule has 2 fully saturated rings. The normalized spacial score (nSPS) is 24.8. The van der Waals surface area contributed by atoms with Gasteiger partial charge < -0.3 is 43.5 Å². The number of esters is 1. The molecular formula is C39H54N2O10Si. The number of hydrogen-bond acceptors (Lipinski definition) is 10. The molecule has 52 heavy (non-hydrogen) atoms. The maximum atomic E-state index is 13.4. The molecule has 0 unspecified atom stereocenters. The number of nitrogens with one attached hydrogen (secondary N) is 2. The highest BCUT2D eigenvalue weighted by atomic mass is 28.4. The molecule has 12 nitrogen and oxygen atoms in total. The Kier molecular flexibility index (Phi) is 12.0. The van der Waals surface area contributed by atoms with Crippen LogP contribution in [0.25, 0.3) is 11.1 Å². The van der Waals surface area contributed by atoms with E-state index in [9.17, 15) is 14.4 Å². The number of ether oxygens (including phenoxy) is 6. The molecule has 13 heteroatoms. The maximum absolute atomic E-state index is 13.4. The number of hydrogen-bond donors (Lipinski definition) is 2. The molecule has 0 radical (unpaired) electrons. The van der Waals surface area contributed by atoms with Gasteiger partial charge in [-0.2, -0.15) is 0 Å². The maximum Gasteiger partial charge on any atom is 0.407 e. The molecule has 0 aromatic heterocycles. The second kappa shape index (κ2) is 15.8. The lowest BCUT2D eigenvalue weighted by Crippen LogP contribution is -2.65. The van der Waals surface area contributed by atoms with Crippen molar-refractivity contribution in [1.82, 2.24) is 10.6 Å². The Morgan fingerprint density at radius 3 is 2.13 bits per heavy atom. The molecular weight excluding hydrogens is 685 g/mol. The fourth-order valence-corrected chi connectivity index (χ4v) is 7.68. The first-order valence-electron chi connectivity index (χ1n) is 17.9. The third kappa shape index (κ3) is 8.78. The quantitative estimate of drug-likeness (QED) is 0.147. The molecule has 2 aromatic carbocycles. The predicted molar refractivity (Wildman–Crippen MR) is 197 cm³/mol. The summed E-state index contributed by atoms with van der Waals surface area (Å²) >= 11 is 0. The number of carbonyl (C=O) groups is 3. The van der Waals surface area contributed by atoms with Gasteiger partial charge in [-0.15, -0.1) is 0 Å². The molecule has 3 aliphatic rings. The van der Waals surface area contributed by atoms with Crippen LogP contribution in [0.2, 0.25) is 18.1 Å². The van der Waals surface area contributed by atoms with Crippen molar-refractivity contribution in [3.05, 3.63) is 72.3 Å². The largest absolute Gasteiger partial charge is 0.460 e. The van der Waals surface area contributed by atoms with Crippen LogP contribution in [0.15, 0.2) is 61.2 Å². The Morgan fingerprint density at radius 2 is 1.56 bits per heavy atom. The number of benzene rings is 2. The highest BCUT2D eigenvalue weighted by Gasteiger charge is 2.57. The van der Waals surface area contributed by atoms with Crippen molar-refractivity contribution in [3.8, 4) is 11.1 Å². The van der Waals surface area contributed by atoms with E-state index in [1.54, 1.807) is 20.8 Å². The van der Waals surface area contributed by atoms with Crippen LogP contribution in [-0.2, 0) is 42.4 Å². The second-order valence-electron chi connectivity index (χ2n) is 15.6. The number of carbonyl (C=O) groups excluding carboxylic acids is 3. The van der Waals surface area contributed by atoms with Crippen molar-refractivity contribution in [2.24, 2.45) is 0 Å². The van der Waals surface area contributed by atoms with Crippen molar-refractivity contribution >= 4 is 26.3 Å². The van der Waals surface area contributed by atoms with Crippen molar-refractivity contribution in [2.45, 2.75) is 121 Å². The summed E-state index contributed by atoms with van der Waals surface area (Å²) in [5.74, 6) is -2.25. The lowest BCUT2D eigenvalue weighted by Gasteiger charge is -2.45. The van der Waals surface area contributed by atoms with Crippen LogP contribution >= 0.6 is 0 Å². The van der Waals surface area contributed by atoms with Gasteiger partial charge in [0.2, 0.25) is 5.91 Å². The molecule has 2 aliphatic heterocycles. The summed E-state index contributed by atoms with van der Waals surface area (Å²) in [7, 11) is -2.20. The first-order valence-corrected chi connectivity index (χ1v) is 20.8. The van der Waals surface area contributed by atoms with Crippen molar-refractivity contribution in [1.29, 1.82) is 0 Å². The van der Waals surface area contributed by atoms with Crippen molar-refractivity contribution in [2.75, 3.05) is 19.8 Å². The smallest absolute Gasteiger partial charge is 0.407 e. The molecule has 1 aliphatic carbocycles. The van der Waals surface area contributed by atoms with Gasteiger partial charge >= 0.3 is 12.1 Å². The van der Waals surface area contributed by atoms with Gasteiger partial charge in [-0.25, -0.2) is 9.59 Å². The molecule has 5 rings (SSSR count). The average molecular weight is 739 g/mol. The third-order valence-corrected chi connectivity index (χ3v) is 14.8. The van der Waals surface area contributed by atoms with Crippen molar-refractivity contribution in [3.63, 3.8) is 0 Å². The summed E-state index contributed by atoms with van der Waals surface area (Å²) in [5, 5.41) is 5.51. The predicted octanol–water partition coefficient (Wildman–Crippen LogP) is 5.80. The second-order valence-corrected chi connectivity index (χ2v) is 20.4. The summed E-state index contributed by atoms with van der Waals surface area (Å²) in [4.78, 5) is 39.3. The number of amides is 2. The van der Waals surface area contributed by atoms with Crippen LogP contribution in [0.3, 0.4) is 0 Å². The minimum atomic E-state index is -2.20. The zero-order valence-electron chi connectivity index (χ0n) is 31.7. The van der Waals surface area contributed by atoms with Gasteiger partial charge in [0.15, 0.2) is 26.4 Å². The van der Waals surface area contributed by atoms with Gasteiger partial charge in [0.25, 0.3) is 0 Å². The van der Waals surface area contributed by atoms with Crippen LogP contribution in [0, 0.1) is 0 Å². The molecule has 0 spiro atoms. The lowest BCUT2D eigenvalue weighted by molar-refractivity contribution is -0.264. The van der Waals surface area contributed by atoms with Gasteiger partial charge in [0.05, 0.1) is 12.7 Å². The van der Waals surface area contributed by atoms with Crippen LogP contribution in [-0.4, -0.2) is 94.7 Å². The van der Waals surface area contributed by atoms with E-state index in [1.807, 2.05) is 36.4 Å². The zero-order valence-corrected chi connectivity index (χ0v) is 32.7. The topological polar surface area (TPSA) is 140 Å². The molecule has 2 heterocycles. The molecule has 2 N–H and O–H groups in total. The molecule has 2 aromatic rings. The number of fused-ring (bicyclic) bond motifs is 4. The van der Waals surface area contributed by atoms with E-state index < -0.39 is 69.0 Å². The van der Waals surface area contributed by atoms with Crippen LogP contribution in [0.4, 0.5) is 4.79 Å². The number of rotatable bonds is 13. The fourth-order valence-electron chi connectivity index (χ4n) is 6.67. The SMILES string of the molecule is C=CCOC(=O)[C@@H](NC(=O)OCC1c2ccccc2-c2ccccc21)[C@@H](C)O[C@H]1O[C@H](CO[Si](C)(C)C(C)(C)C)[C@@H]2OC(C)(C)O[C@@H]2[C@H]1NC(C)=O. The number of alkyl carbamates (subject to hydrolysis) is 1. The first-order chi connectivity index (χ1) is 24.4. The highest BCUT2D eigenvalue weighted by Crippen LogP contribution is 2.45. The molecule has 2 saturated heterocycles. The van der Waals surface area contributed by atoms with Gasteiger partial charge in [0, 0.05) is 12.8 Å². The summed E-state index contributed by atoms with van der Waals surface area (Å²) < 4.78 is 43.3. The Balaban J connectivity index is 1.34. The monoisotopic (exact) mass is 738 g/mol. The Bertz CT molecular complexity index is 1580. The van der Waals surface area contributed by atoms with Crippen molar-refractivity contribution < 1.29 is 47.2 Å². The summed E-state index contributed by atoms with van der Waals surface area (Å²) in [5.41, 5.74) is 4.30. The minimum Gasteiger partial charge on any atom is -0.460 e. The van der Waals surface area contributed by atoms with Crippen LogP contribution in [0.5, 0.6) is 0 Å². The van der Waals surface area contributed by atoms with Crippen LogP contribution < -0.4 is 10.6 Å². The van der Waals surface area contributed by atoms with Gasteiger partial charge in [0.1, 0.15) is 37.6 Å². The van der Waals surface area contributed by atoms with Gasteiger partial charge in [-0.1, -0.05) is 82.0 Å². The molecule has 0 saturated carbocycles. The van der Waals surface area contributed by atoms with E-state index >= 15 is 0 Å². The lowest BCUT2D eigenvalue weighted by atomic mass is 9.96. The van der Waals surface area contributed by atoms with E-state index in [0.717, 1.165) is 22.3 Å². The average Bonchev–Trinajstić information content (AvgIpc) is 3.58. The van der Waals surface area contributed by atoms with Gasteiger partial charge in [-0.3, -0.25) is 4.79 Å². The zero-order chi connectivity index (χ0) is 38.0. The van der Waals surface area contributed by atoms with E-state index in [1.165, 1.54) is 13.0 Å². The minimum absolute atomic E-state index is 0.0476.